The summed E-state index contributed by atoms with van der Waals surface area (Å²) < 4.78 is 11.0. The van der Waals surface area contributed by atoms with Crippen molar-refractivity contribution in [3.63, 3.8) is 0 Å². The fourth-order valence-corrected chi connectivity index (χ4v) is 3.13. The first-order chi connectivity index (χ1) is 9.74. The smallest absolute Gasteiger partial charge is 0.307 e. The molecule has 1 aromatic rings. The summed E-state index contributed by atoms with van der Waals surface area (Å²) >= 11 is 1.95. The number of hydrogen-bond donors (Lipinski definition) is 1. The van der Waals surface area contributed by atoms with E-state index in [0.717, 1.165) is 43.1 Å². The lowest BCUT2D eigenvalue weighted by Gasteiger charge is -2.21. The Labute approximate surface area is 123 Å². The Morgan fingerprint density at radius 2 is 2.00 bits per heavy atom. The van der Waals surface area contributed by atoms with Crippen molar-refractivity contribution < 1.29 is 19.4 Å². The number of carboxylic acids is 1. The molecule has 1 aliphatic rings. The van der Waals surface area contributed by atoms with E-state index in [9.17, 15) is 4.79 Å². The van der Waals surface area contributed by atoms with Gasteiger partial charge in [0.1, 0.15) is 5.75 Å². The lowest BCUT2D eigenvalue weighted by molar-refractivity contribution is -0.136. The molecule has 0 radical (unpaired) electrons. The monoisotopic (exact) mass is 296 g/mol. The predicted molar refractivity (Wildman–Crippen MR) is 79.6 cm³/mol. The van der Waals surface area contributed by atoms with Crippen molar-refractivity contribution in [3.05, 3.63) is 29.8 Å². The standard InChI is InChI=1S/C15H20O4S/c16-15(17)11-12-1-3-13(4-2-12)19-9-10-20-14-5-7-18-8-6-14/h1-4,14H,5-11H2,(H,16,17). The zero-order valence-electron chi connectivity index (χ0n) is 11.4. The Bertz CT molecular complexity index is 412. The summed E-state index contributed by atoms with van der Waals surface area (Å²) in [5.74, 6) is 0.958. The van der Waals surface area contributed by atoms with Gasteiger partial charge in [0.05, 0.1) is 13.0 Å². The lowest BCUT2D eigenvalue weighted by Crippen LogP contribution is -2.18. The summed E-state index contributed by atoms with van der Waals surface area (Å²) in [6.07, 6.45) is 2.32. The first kappa shape index (κ1) is 15.2. The number of ether oxygens (including phenoxy) is 2. The molecule has 1 fully saturated rings. The summed E-state index contributed by atoms with van der Waals surface area (Å²) in [4.78, 5) is 10.6. The second kappa shape index (κ2) is 8.17. The van der Waals surface area contributed by atoms with Crippen LogP contribution in [0.1, 0.15) is 18.4 Å². The topological polar surface area (TPSA) is 55.8 Å². The van der Waals surface area contributed by atoms with E-state index in [0.29, 0.717) is 11.9 Å². The van der Waals surface area contributed by atoms with E-state index in [1.54, 1.807) is 12.1 Å². The minimum absolute atomic E-state index is 0.0554. The third kappa shape index (κ3) is 5.43. The molecule has 0 saturated carbocycles. The third-order valence-corrected chi connectivity index (χ3v) is 4.50. The number of carbonyl (C=O) groups is 1. The van der Waals surface area contributed by atoms with Crippen LogP contribution in [0, 0.1) is 0 Å². The molecule has 0 bridgehead atoms. The second-order valence-electron chi connectivity index (χ2n) is 4.75. The minimum atomic E-state index is -0.813. The SMILES string of the molecule is O=C(O)Cc1ccc(OCCSC2CCOCC2)cc1. The van der Waals surface area contributed by atoms with Crippen molar-refractivity contribution in [2.75, 3.05) is 25.6 Å². The Morgan fingerprint density at radius 1 is 1.30 bits per heavy atom. The zero-order valence-corrected chi connectivity index (χ0v) is 12.2. The van der Waals surface area contributed by atoms with E-state index < -0.39 is 5.97 Å². The maximum Gasteiger partial charge on any atom is 0.307 e. The van der Waals surface area contributed by atoms with Crippen molar-refractivity contribution in [3.8, 4) is 5.75 Å². The van der Waals surface area contributed by atoms with Crippen LogP contribution in [-0.4, -0.2) is 41.9 Å². The van der Waals surface area contributed by atoms with Crippen molar-refractivity contribution in [2.45, 2.75) is 24.5 Å². The molecule has 0 aromatic heterocycles. The van der Waals surface area contributed by atoms with Gasteiger partial charge in [0.25, 0.3) is 0 Å². The van der Waals surface area contributed by atoms with Gasteiger partial charge in [0.15, 0.2) is 0 Å². The first-order valence-corrected chi connectivity index (χ1v) is 7.92. The van der Waals surface area contributed by atoms with Crippen LogP contribution in [0.3, 0.4) is 0 Å². The molecule has 1 saturated heterocycles. The van der Waals surface area contributed by atoms with Crippen LogP contribution >= 0.6 is 11.8 Å². The van der Waals surface area contributed by atoms with Crippen LogP contribution in [0.5, 0.6) is 5.75 Å². The van der Waals surface area contributed by atoms with Gasteiger partial charge in [-0.2, -0.15) is 11.8 Å². The van der Waals surface area contributed by atoms with E-state index >= 15 is 0 Å². The van der Waals surface area contributed by atoms with E-state index in [1.165, 1.54) is 0 Å². The quantitative estimate of drug-likeness (QED) is 0.784. The molecule has 20 heavy (non-hydrogen) atoms. The molecular formula is C15H20O4S. The molecule has 0 atom stereocenters. The summed E-state index contributed by atoms with van der Waals surface area (Å²) in [6.45, 7) is 2.44. The molecule has 0 spiro atoms. The van der Waals surface area contributed by atoms with Gasteiger partial charge in [-0.1, -0.05) is 12.1 Å². The lowest BCUT2D eigenvalue weighted by atomic mass is 10.1. The number of rotatable bonds is 7. The normalized spacial score (nSPS) is 16.0. The molecular weight excluding hydrogens is 276 g/mol. The maximum atomic E-state index is 10.6. The Kier molecular flexibility index (Phi) is 6.21. The summed E-state index contributed by atoms with van der Waals surface area (Å²) in [5, 5.41) is 9.39. The van der Waals surface area contributed by atoms with Gasteiger partial charge in [-0.05, 0) is 30.5 Å². The van der Waals surface area contributed by atoms with Gasteiger partial charge in [-0.25, -0.2) is 0 Å². The van der Waals surface area contributed by atoms with Crippen LogP contribution in [0.4, 0.5) is 0 Å². The molecule has 5 heteroatoms. The van der Waals surface area contributed by atoms with Gasteiger partial charge in [0, 0.05) is 24.2 Å². The molecule has 1 heterocycles. The third-order valence-electron chi connectivity index (χ3n) is 3.15. The van der Waals surface area contributed by atoms with Crippen molar-refractivity contribution >= 4 is 17.7 Å². The Hall–Kier alpha value is -1.20. The van der Waals surface area contributed by atoms with Crippen LogP contribution in [0.2, 0.25) is 0 Å². The Morgan fingerprint density at radius 3 is 2.65 bits per heavy atom. The highest BCUT2D eigenvalue weighted by Crippen LogP contribution is 2.22. The van der Waals surface area contributed by atoms with Crippen molar-refractivity contribution in [2.24, 2.45) is 0 Å². The van der Waals surface area contributed by atoms with E-state index in [1.807, 2.05) is 23.9 Å². The van der Waals surface area contributed by atoms with Crippen LogP contribution in [0.25, 0.3) is 0 Å². The number of hydrogen-bond acceptors (Lipinski definition) is 4. The fourth-order valence-electron chi connectivity index (χ4n) is 2.10. The summed E-state index contributed by atoms with van der Waals surface area (Å²) in [5.41, 5.74) is 0.793. The molecule has 0 amide bonds. The van der Waals surface area contributed by atoms with Crippen LogP contribution in [-0.2, 0) is 16.0 Å². The van der Waals surface area contributed by atoms with Crippen LogP contribution < -0.4 is 4.74 Å². The average Bonchev–Trinajstić information content (AvgIpc) is 2.46. The molecule has 0 unspecified atom stereocenters. The minimum Gasteiger partial charge on any atom is -0.493 e. The highest BCUT2D eigenvalue weighted by molar-refractivity contribution is 7.99. The van der Waals surface area contributed by atoms with E-state index in [-0.39, 0.29) is 6.42 Å². The number of benzene rings is 1. The average molecular weight is 296 g/mol. The number of thioether (sulfide) groups is 1. The molecule has 1 N–H and O–H groups in total. The second-order valence-corrected chi connectivity index (χ2v) is 6.15. The highest BCUT2D eigenvalue weighted by atomic mass is 32.2. The van der Waals surface area contributed by atoms with E-state index in [2.05, 4.69) is 0 Å². The summed E-state index contributed by atoms with van der Waals surface area (Å²) in [6, 6.07) is 7.26. The van der Waals surface area contributed by atoms with Gasteiger partial charge in [-0.3, -0.25) is 4.79 Å². The van der Waals surface area contributed by atoms with Gasteiger partial charge >= 0.3 is 5.97 Å². The first-order valence-electron chi connectivity index (χ1n) is 6.87. The highest BCUT2D eigenvalue weighted by Gasteiger charge is 2.13. The largest absolute Gasteiger partial charge is 0.493 e. The summed E-state index contributed by atoms with van der Waals surface area (Å²) in [7, 11) is 0. The molecule has 2 rings (SSSR count). The van der Waals surface area contributed by atoms with Gasteiger partial charge in [0.2, 0.25) is 0 Å². The molecule has 110 valence electrons. The van der Waals surface area contributed by atoms with Crippen molar-refractivity contribution in [1.29, 1.82) is 0 Å². The zero-order chi connectivity index (χ0) is 14.2. The van der Waals surface area contributed by atoms with Crippen LogP contribution in [0.15, 0.2) is 24.3 Å². The Balaban J connectivity index is 1.64. The molecule has 4 nitrogen and oxygen atoms in total. The molecule has 1 aromatic carbocycles. The van der Waals surface area contributed by atoms with Gasteiger partial charge < -0.3 is 14.6 Å². The van der Waals surface area contributed by atoms with Crippen molar-refractivity contribution in [1.82, 2.24) is 0 Å². The molecule has 1 aliphatic heterocycles. The fraction of sp³-hybridized carbons (Fsp3) is 0.533. The number of carboxylic acid groups (broad SMARTS) is 1. The number of aliphatic carboxylic acids is 1. The predicted octanol–water partition coefficient (Wildman–Crippen LogP) is 2.60. The molecule has 0 aliphatic carbocycles. The maximum absolute atomic E-state index is 10.6. The van der Waals surface area contributed by atoms with Gasteiger partial charge in [-0.15, -0.1) is 0 Å². The van der Waals surface area contributed by atoms with E-state index in [4.69, 9.17) is 14.6 Å².